The highest BCUT2D eigenvalue weighted by molar-refractivity contribution is 6.42. The Labute approximate surface area is 247 Å². The Morgan fingerprint density at radius 3 is 2.62 bits per heavy atom. The lowest BCUT2D eigenvalue weighted by molar-refractivity contribution is 0.0343. The number of likely N-dealkylation sites (N-methyl/N-ethyl adjacent to an activating group) is 1. The summed E-state index contributed by atoms with van der Waals surface area (Å²) in [5.41, 5.74) is 1.82. The fraction of sp³-hybridized carbons (Fsp3) is 0.533. The molecule has 3 N–H and O–H groups in total. The molecule has 1 aliphatic carbocycles. The van der Waals surface area contributed by atoms with E-state index in [0.29, 0.717) is 46.7 Å². The van der Waals surface area contributed by atoms with Gasteiger partial charge in [-0.15, -0.1) is 0 Å². The van der Waals surface area contributed by atoms with Crippen LogP contribution in [0.15, 0.2) is 36.4 Å². The zero-order valence-corrected chi connectivity index (χ0v) is 25.0. The van der Waals surface area contributed by atoms with Crippen LogP contribution >= 0.6 is 23.2 Å². The highest BCUT2D eigenvalue weighted by Gasteiger charge is 2.34. The Hall–Kier alpha value is -2.52. The van der Waals surface area contributed by atoms with E-state index in [9.17, 15) is 14.7 Å². The van der Waals surface area contributed by atoms with Crippen molar-refractivity contribution in [2.24, 2.45) is 5.92 Å². The first-order valence-electron chi connectivity index (χ1n) is 14.1. The first kappa shape index (κ1) is 30.4. The van der Waals surface area contributed by atoms with Gasteiger partial charge in [0.25, 0.3) is 5.91 Å². The van der Waals surface area contributed by atoms with Crippen LogP contribution in [0.2, 0.25) is 10.0 Å². The Morgan fingerprint density at radius 1 is 1.18 bits per heavy atom. The number of para-hydroxylation sites is 1. The van der Waals surface area contributed by atoms with Gasteiger partial charge in [0.05, 0.1) is 33.9 Å². The number of hydrogen-bond donors (Lipinski definition) is 3. The maximum absolute atomic E-state index is 13.7. The lowest BCUT2D eigenvalue weighted by atomic mass is 9.96. The number of aliphatic hydroxyl groups excluding tert-OH is 1. The molecule has 10 heteroatoms. The van der Waals surface area contributed by atoms with E-state index in [1.165, 1.54) is 6.42 Å². The van der Waals surface area contributed by atoms with Gasteiger partial charge in [-0.2, -0.15) is 0 Å². The maximum Gasteiger partial charge on any atom is 0.319 e. The minimum Gasteiger partial charge on any atom is -0.486 e. The van der Waals surface area contributed by atoms with Crippen molar-refractivity contribution in [3.05, 3.63) is 57.6 Å². The Kier molecular flexibility index (Phi) is 10.6. The van der Waals surface area contributed by atoms with Gasteiger partial charge in [0.1, 0.15) is 6.10 Å². The number of rotatable bonds is 8. The molecule has 2 aliphatic rings. The van der Waals surface area contributed by atoms with E-state index in [4.69, 9.17) is 27.9 Å². The standard InChI is InChI=1S/C30H40Cl2N4O4/c1-19-15-36(20(2)18-37)29(38)23-10-7-11-26(34-30(39)33-22-8-5-4-6-9-22)28(23)40-27(19)17-35(3)16-21-12-13-24(31)25(32)14-21/h7,10-14,19-20,22,27,37H,4-6,8-9,15-18H2,1-3H3,(H2,33,34,39)/t19-,20+,27+/m0/s1. The SMILES string of the molecule is C[C@H](CO)N1C[C@H](C)[C@@H](CN(C)Cc2ccc(Cl)c(Cl)c2)Oc2c(NC(=O)NC3CCCCC3)cccc2C1=O. The number of carbonyl (C=O) groups excluding carboxylic acids is 2. The van der Waals surface area contributed by atoms with Crippen molar-refractivity contribution in [1.29, 1.82) is 0 Å². The van der Waals surface area contributed by atoms with Crippen LogP contribution in [0.3, 0.4) is 0 Å². The average Bonchev–Trinajstić information content (AvgIpc) is 2.93. The normalized spacial score (nSPS) is 20.8. The van der Waals surface area contributed by atoms with Crippen LogP contribution < -0.4 is 15.4 Å². The van der Waals surface area contributed by atoms with Gasteiger partial charge in [-0.05, 0) is 56.6 Å². The van der Waals surface area contributed by atoms with Gasteiger partial charge in [-0.1, -0.05) is 61.5 Å². The molecule has 0 saturated heterocycles. The van der Waals surface area contributed by atoms with Crippen LogP contribution in [0.25, 0.3) is 0 Å². The average molecular weight is 592 g/mol. The predicted octanol–water partition coefficient (Wildman–Crippen LogP) is 5.80. The summed E-state index contributed by atoms with van der Waals surface area (Å²) in [5.74, 6) is 0.0507. The highest BCUT2D eigenvalue weighted by Crippen LogP contribution is 2.35. The van der Waals surface area contributed by atoms with E-state index >= 15 is 0 Å². The molecule has 1 saturated carbocycles. The third kappa shape index (κ3) is 7.60. The second-order valence-electron chi connectivity index (χ2n) is 11.2. The number of halogens is 2. The molecule has 1 aliphatic heterocycles. The minimum atomic E-state index is -0.373. The summed E-state index contributed by atoms with van der Waals surface area (Å²) in [6.45, 7) is 5.31. The van der Waals surface area contributed by atoms with Crippen molar-refractivity contribution in [2.45, 2.75) is 70.7 Å². The fourth-order valence-corrected chi connectivity index (χ4v) is 5.79. The predicted molar refractivity (Wildman–Crippen MR) is 159 cm³/mol. The number of anilines is 1. The van der Waals surface area contributed by atoms with Crippen LogP contribution in [0, 0.1) is 5.92 Å². The van der Waals surface area contributed by atoms with Gasteiger partial charge in [-0.25, -0.2) is 4.79 Å². The van der Waals surface area contributed by atoms with Crippen LogP contribution in [-0.4, -0.2) is 71.8 Å². The first-order chi connectivity index (χ1) is 19.2. The van der Waals surface area contributed by atoms with Crippen molar-refractivity contribution >= 4 is 40.8 Å². The number of hydrogen-bond acceptors (Lipinski definition) is 5. The smallest absolute Gasteiger partial charge is 0.319 e. The number of nitrogens with zero attached hydrogens (tertiary/aromatic N) is 2. The van der Waals surface area contributed by atoms with Crippen LogP contribution in [-0.2, 0) is 6.54 Å². The van der Waals surface area contributed by atoms with Gasteiger partial charge in [0.15, 0.2) is 5.75 Å². The quantitative estimate of drug-likeness (QED) is 0.361. The van der Waals surface area contributed by atoms with Gasteiger partial charge >= 0.3 is 6.03 Å². The Morgan fingerprint density at radius 2 is 1.93 bits per heavy atom. The topological polar surface area (TPSA) is 94.1 Å². The van der Waals surface area contributed by atoms with Crippen LogP contribution in [0.5, 0.6) is 5.75 Å². The fourth-order valence-electron chi connectivity index (χ4n) is 5.47. The second-order valence-corrected chi connectivity index (χ2v) is 12.0. The molecule has 218 valence electrons. The molecule has 40 heavy (non-hydrogen) atoms. The minimum absolute atomic E-state index is 0.0634. The van der Waals surface area contributed by atoms with Crippen molar-refractivity contribution in [3.8, 4) is 5.75 Å². The number of amides is 3. The van der Waals surface area contributed by atoms with E-state index in [2.05, 4.69) is 15.5 Å². The number of urea groups is 1. The molecule has 0 spiro atoms. The van der Waals surface area contributed by atoms with E-state index in [1.807, 2.05) is 33.0 Å². The van der Waals surface area contributed by atoms with Gasteiger partial charge < -0.3 is 25.4 Å². The van der Waals surface area contributed by atoms with Gasteiger partial charge in [-0.3, -0.25) is 9.69 Å². The monoisotopic (exact) mass is 590 g/mol. The maximum atomic E-state index is 13.7. The van der Waals surface area contributed by atoms with Crippen LogP contribution in [0.1, 0.15) is 61.9 Å². The Balaban J connectivity index is 1.60. The van der Waals surface area contributed by atoms with Crippen molar-refractivity contribution < 1.29 is 19.4 Å². The molecule has 3 amide bonds. The number of ether oxygens (including phenoxy) is 1. The summed E-state index contributed by atoms with van der Waals surface area (Å²) in [6, 6.07) is 10.3. The molecule has 3 atom stereocenters. The van der Waals surface area contributed by atoms with Crippen LogP contribution in [0.4, 0.5) is 10.5 Å². The zero-order valence-electron chi connectivity index (χ0n) is 23.5. The molecular weight excluding hydrogens is 551 g/mol. The molecule has 0 unspecified atom stereocenters. The highest BCUT2D eigenvalue weighted by atomic mass is 35.5. The second kappa shape index (κ2) is 13.9. The number of fused-ring (bicyclic) bond motifs is 1. The molecule has 1 fully saturated rings. The Bertz CT molecular complexity index is 1190. The molecule has 8 nitrogen and oxygen atoms in total. The molecule has 2 aromatic carbocycles. The summed E-state index contributed by atoms with van der Waals surface area (Å²) < 4.78 is 6.61. The van der Waals surface area contributed by atoms with E-state index in [-0.39, 0.29) is 42.7 Å². The molecule has 4 rings (SSSR count). The third-order valence-corrected chi connectivity index (χ3v) is 8.55. The number of nitrogens with one attached hydrogen (secondary N) is 2. The first-order valence-corrected chi connectivity index (χ1v) is 14.8. The lowest BCUT2D eigenvalue weighted by Crippen LogP contribution is -2.50. The zero-order chi connectivity index (χ0) is 28.8. The molecule has 2 aromatic rings. The van der Waals surface area contributed by atoms with Crippen molar-refractivity contribution in [1.82, 2.24) is 15.1 Å². The van der Waals surface area contributed by atoms with E-state index in [0.717, 1.165) is 31.2 Å². The third-order valence-electron chi connectivity index (χ3n) is 7.81. The van der Waals surface area contributed by atoms with Crippen molar-refractivity contribution in [3.63, 3.8) is 0 Å². The summed E-state index contributed by atoms with van der Waals surface area (Å²) >= 11 is 12.3. The number of benzene rings is 2. The van der Waals surface area contributed by atoms with Crippen molar-refractivity contribution in [2.75, 3.05) is 32.1 Å². The molecule has 0 radical (unpaired) electrons. The largest absolute Gasteiger partial charge is 0.486 e. The summed E-state index contributed by atoms with van der Waals surface area (Å²) in [6.07, 6.45) is 5.04. The van der Waals surface area contributed by atoms with E-state index in [1.54, 1.807) is 29.2 Å². The number of aliphatic hydroxyl groups is 1. The molecule has 0 bridgehead atoms. The van der Waals surface area contributed by atoms with Gasteiger partial charge in [0, 0.05) is 31.6 Å². The number of carbonyl (C=O) groups is 2. The van der Waals surface area contributed by atoms with E-state index < -0.39 is 0 Å². The molecule has 1 heterocycles. The summed E-state index contributed by atoms with van der Waals surface area (Å²) in [5, 5.41) is 17.0. The molecule has 0 aromatic heterocycles. The summed E-state index contributed by atoms with van der Waals surface area (Å²) in [4.78, 5) is 30.5. The summed E-state index contributed by atoms with van der Waals surface area (Å²) in [7, 11) is 2.00. The lowest BCUT2D eigenvalue weighted by Gasteiger charge is -2.38. The molecular formula is C30H40Cl2N4O4. The van der Waals surface area contributed by atoms with Gasteiger partial charge in [0.2, 0.25) is 0 Å².